The summed E-state index contributed by atoms with van der Waals surface area (Å²) < 4.78 is 18.1. The molecule has 19 heavy (non-hydrogen) atoms. The number of nitrogens with one attached hydrogen (secondary N) is 1. The van der Waals surface area contributed by atoms with Crippen LogP contribution < -0.4 is 10.1 Å². The van der Waals surface area contributed by atoms with Gasteiger partial charge in [0.05, 0.1) is 0 Å². The number of ether oxygens (including phenoxy) is 1. The van der Waals surface area contributed by atoms with Gasteiger partial charge in [0, 0.05) is 13.0 Å². The molecule has 0 bridgehead atoms. The molecule has 0 aliphatic heterocycles. The van der Waals surface area contributed by atoms with Crippen molar-refractivity contribution >= 4 is 11.9 Å². The Bertz CT molecular complexity index is 452. The van der Waals surface area contributed by atoms with E-state index in [0.717, 1.165) is 0 Å². The van der Waals surface area contributed by atoms with Crippen LogP contribution in [0.3, 0.4) is 0 Å². The number of carboxylic acid groups (broad SMARTS) is 1. The third-order valence-electron chi connectivity index (χ3n) is 2.25. The van der Waals surface area contributed by atoms with Crippen molar-refractivity contribution in [3.05, 3.63) is 30.1 Å². The van der Waals surface area contributed by atoms with Crippen molar-refractivity contribution in [3.63, 3.8) is 0 Å². The molecule has 0 aromatic heterocycles. The lowest BCUT2D eigenvalue weighted by Crippen LogP contribution is -2.43. The Balaban J connectivity index is 2.47. The largest absolute Gasteiger partial charge is 0.481 e. The number of aliphatic hydroxyl groups excluding tert-OH is 1. The predicted molar refractivity (Wildman–Crippen MR) is 63.2 cm³/mol. The Hall–Kier alpha value is -2.15. The van der Waals surface area contributed by atoms with Crippen molar-refractivity contribution in [1.82, 2.24) is 5.32 Å². The third-order valence-corrected chi connectivity index (χ3v) is 2.25. The van der Waals surface area contributed by atoms with E-state index < -0.39 is 30.3 Å². The summed E-state index contributed by atoms with van der Waals surface area (Å²) in [5.41, 5.74) is 0. The zero-order valence-corrected chi connectivity index (χ0v) is 10.0. The van der Waals surface area contributed by atoms with Crippen LogP contribution in [0.15, 0.2) is 24.3 Å². The average Bonchev–Trinajstić information content (AvgIpc) is 2.37. The number of rotatable bonds is 7. The summed E-state index contributed by atoms with van der Waals surface area (Å²) in [6.45, 7) is -0.873. The number of hydrogen-bond donors (Lipinski definition) is 3. The number of aliphatic carboxylic acids is 1. The number of para-hydroxylation sites is 1. The SMILES string of the molecule is O=C(COc1ccccc1F)N[C@@H](CCO)C(=O)O. The monoisotopic (exact) mass is 271 g/mol. The van der Waals surface area contributed by atoms with Crippen LogP contribution in [0.2, 0.25) is 0 Å². The fourth-order valence-electron chi connectivity index (χ4n) is 1.33. The maximum absolute atomic E-state index is 13.2. The molecule has 1 atom stereocenters. The van der Waals surface area contributed by atoms with Gasteiger partial charge in [-0.05, 0) is 12.1 Å². The zero-order chi connectivity index (χ0) is 14.3. The quantitative estimate of drug-likeness (QED) is 0.656. The highest BCUT2D eigenvalue weighted by Gasteiger charge is 2.19. The summed E-state index contributed by atoms with van der Waals surface area (Å²) in [6.07, 6.45) is -0.110. The van der Waals surface area contributed by atoms with E-state index in [4.69, 9.17) is 14.9 Å². The molecule has 1 aromatic carbocycles. The maximum atomic E-state index is 13.2. The highest BCUT2D eigenvalue weighted by atomic mass is 19.1. The average molecular weight is 271 g/mol. The van der Waals surface area contributed by atoms with Crippen LogP contribution in [0.4, 0.5) is 4.39 Å². The molecule has 0 saturated heterocycles. The molecule has 6 nitrogen and oxygen atoms in total. The lowest BCUT2D eigenvalue weighted by Gasteiger charge is -2.13. The maximum Gasteiger partial charge on any atom is 0.326 e. The number of carbonyl (C=O) groups is 2. The highest BCUT2D eigenvalue weighted by molar-refractivity contribution is 5.84. The Kier molecular flexibility index (Phi) is 5.74. The molecule has 1 rings (SSSR count). The second-order valence-electron chi connectivity index (χ2n) is 3.69. The third kappa shape index (κ3) is 4.92. The molecule has 1 amide bonds. The number of carboxylic acids is 1. The van der Waals surface area contributed by atoms with Gasteiger partial charge in [-0.25, -0.2) is 9.18 Å². The summed E-state index contributed by atoms with van der Waals surface area (Å²) in [5.74, 6) is -2.66. The molecule has 0 heterocycles. The smallest absolute Gasteiger partial charge is 0.326 e. The van der Waals surface area contributed by atoms with Gasteiger partial charge in [0.1, 0.15) is 6.04 Å². The first-order valence-electron chi connectivity index (χ1n) is 5.55. The van der Waals surface area contributed by atoms with E-state index >= 15 is 0 Å². The topological polar surface area (TPSA) is 95.9 Å². The van der Waals surface area contributed by atoms with Crippen LogP contribution >= 0.6 is 0 Å². The molecule has 1 aromatic rings. The number of carbonyl (C=O) groups excluding carboxylic acids is 1. The summed E-state index contributed by atoms with van der Waals surface area (Å²) in [7, 11) is 0. The molecule has 0 aliphatic rings. The zero-order valence-electron chi connectivity index (χ0n) is 10.0. The first kappa shape index (κ1) is 14.9. The summed E-state index contributed by atoms with van der Waals surface area (Å²) in [6, 6.07) is 4.36. The van der Waals surface area contributed by atoms with Gasteiger partial charge in [0.2, 0.25) is 0 Å². The van der Waals surface area contributed by atoms with Crippen molar-refractivity contribution in [2.24, 2.45) is 0 Å². The second kappa shape index (κ2) is 7.32. The van der Waals surface area contributed by atoms with E-state index in [1.165, 1.54) is 18.2 Å². The molecule has 0 radical (unpaired) electrons. The fraction of sp³-hybridized carbons (Fsp3) is 0.333. The van der Waals surface area contributed by atoms with Crippen LogP contribution in [0.25, 0.3) is 0 Å². The van der Waals surface area contributed by atoms with Crippen LogP contribution in [0, 0.1) is 5.82 Å². The predicted octanol–water partition coefficient (Wildman–Crippen LogP) is 0.156. The molecule has 0 aliphatic carbocycles. The first-order valence-corrected chi connectivity index (χ1v) is 5.55. The molecule has 104 valence electrons. The molecule has 0 unspecified atom stereocenters. The Morgan fingerprint density at radius 1 is 1.37 bits per heavy atom. The standard InChI is InChI=1S/C12H14FNO5/c13-8-3-1-2-4-10(8)19-7-11(16)14-9(5-6-15)12(17)18/h1-4,9,15H,5-7H2,(H,14,16)(H,17,18)/t9-/m0/s1. The van der Waals surface area contributed by atoms with Crippen LogP contribution in [-0.4, -0.2) is 41.3 Å². The fourth-order valence-corrected chi connectivity index (χ4v) is 1.33. The van der Waals surface area contributed by atoms with Gasteiger partial charge in [0.25, 0.3) is 5.91 Å². The molecule has 0 fully saturated rings. The van der Waals surface area contributed by atoms with Crippen molar-refractivity contribution < 1.29 is 28.9 Å². The minimum atomic E-state index is -1.26. The van der Waals surface area contributed by atoms with Crippen molar-refractivity contribution in [2.45, 2.75) is 12.5 Å². The summed E-state index contributed by atoms with van der Waals surface area (Å²) in [5, 5.41) is 19.6. The molecule has 3 N–H and O–H groups in total. The number of halogens is 1. The number of aliphatic hydroxyl groups is 1. The minimum absolute atomic E-state index is 0.0910. The summed E-state index contributed by atoms with van der Waals surface area (Å²) in [4.78, 5) is 22.1. The number of amides is 1. The molecular formula is C12H14FNO5. The molecule has 7 heteroatoms. The van der Waals surface area contributed by atoms with Crippen molar-refractivity contribution in [2.75, 3.05) is 13.2 Å². The van der Waals surface area contributed by atoms with Gasteiger partial charge in [-0.2, -0.15) is 0 Å². The minimum Gasteiger partial charge on any atom is -0.481 e. The lowest BCUT2D eigenvalue weighted by molar-refractivity contribution is -0.142. The van der Waals surface area contributed by atoms with E-state index in [0.29, 0.717) is 0 Å². The van der Waals surface area contributed by atoms with Gasteiger partial charge in [-0.1, -0.05) is 12.1 Å². The van der Waals surface area contributed by atoms with Crippen LogP contribution in [-0.2, 0) is 9.59 Å². The molecular weight excluding hydrogens is 257 g/mol. The normalized spacial score (nSPS) is 11.7. The van der Waals surface area contributed by atoms with Gasteiger partial charge in [-0.15, -0.1) is 0 Å². The lowest BCUT2D eigenvalue weighted by atomic mass is 10.2. The Morgan fingerprint density at radius 2 is 2.05 bits per heavy atom. The summed E-state index contributed by atoms with van der Waals surface area (Å²) >= 11 is 0. The Labute approximate surface area is 108 Å². The highest BCUT2D eigenvalue weighted by Crippen LogP contribution is 2.14. The Morgan fingerprint density at radius 3 is 2.63 bits per heavy atom. The van der Waals surface area contributed by atoms with Gasteiger partial charge < -0.3 is 20.3 Å². The van der Waals surface area contributed by atoms with Gasteiger partial charge in [0.15, 0.2) is 18.2 Å². The van der Waals surface area contributed by atoms with Crippen molar-refractivity contribution in [1.29, 1.82) is 0 Å². The van der Waals surface area contributed by atoms with E-state index in [1.54, 1.807) is 6.07 Å². The number of hydrogen-bond acceptors (Lipinski definition) is 4. The van der Waals surface area contributed by atoms with Gasteiger partial charge >= 0.3 is 5.97 Å². The molecule has 0 spiro atoms. The van der Waals surface area contributed by atoms with E-state index in [1.807, 2.05) is 0 Å². The van der Waals surface area contributed by atoms with Crippen molar-refractivity contribution in [3.8, 4) is 5.75 Å². The van der Waals surface area contributed by atoms with Crippen LogP contribution in [0.5, 0.6) is 5.75 Å². The van der Waals surface area contributed by atoms with Crippen LogP contribution in [0.1, 0.15) is 6.42 Å². The van der Waals surface area contributed by atoms with E-state index in [9.17, 15) is 14.0 Å². The van der Waals surface area contributed by atoms with E-state index in [-0.39, 0.29) is 18.8 Å². The first-order chi connectivity index (χ1) is 9.04. The van der Waals surface area contributed by atoms with Gasteiger partial charge in [-0.3, -0.25) is 4.79 Å². The molecule has 0 saturated carbocycles. The van der Waals surface area contributed by atoms with E-state index in [2.05, 4.69) is 5.32 Å². The number of benzene rings is 1. The second-order valence-corrected chi connectivity index (χ2v) is 3.69.